The van der Waals surface area contributed by atoms with Crippen molar-refractivity contribution in [3.05, 3.63) is 108 Å². The Bertz CT molecular complexity index is 1430. The maximum absolute atomic E-state index is 12.6. The van der Waals surface area contributed by atoms with E-state index in [1.54, 1.807) is 36.4 Å². The Balaban J connectivity index is 1.43. The first-order valence-electron chi connectivity index (χ1n) is 10.7. The van der Waals surface area contributed by atoms with Crippen LogP contribution in [-0.4, -0.2) is 16.8 Å². The van der Waals surface area contributed by atoms with Gasteiger partial charge in [-0.05, 0) is 97.8 Å². The maximum Gasteiger partial charge on any atom is 0.261 e. The molecular weight excluding hydrogens is 484 g/mol. The maximum atomic E-state index is 12.6. The van der Waals surface area contributed by atoms with Crippen LogP contribution in [0.4, 0.5) is 11.4 Å². The van der Waals surface area contributed by atoms with Gasteiger partial charge in [0.25, 0.3) is 20.0 Å². The van der Waals surface area contributed by atoms with E-state index in [1.807, 2.05) is 26.0 Å². The number of benzene rings is 4. The summed E-state index contributed by atoms with van der Waals surface area (Å²) in [7, 11) is -7.50. The fraction of sp³-hybridized carbons (Fsp3) is 0.0769. The Morgan fingerprint density at radius 1 is 0.543 bits per heavy atom. The lowest BCUT2D eigenvalue weighted by molar-refractivity contribution is 0.481. The lowest BCUT2D eigenvalue weighted by atomic mass is 10.2. The van der Waals surface area contributed by atoms with Crippen LogP contribution >= 0.6 is 0 Å². The molecule has 2 N–H and O–H groups in total. The highest BCUT2D eigenvalue weighted by atomic mass is 32.2. The topological polar surface area (TPSA) is 102 Å². The zero-order valence-corrected chi connectivity index (χ0v) is 20.7. The number of sulfonamides is 2. The standard InChI is InChI=1S/C26H24N2O5S2/c1-19-5-3-7-21(17-19)27-34(29,30)25-13-9-23(10-14-25)33-24-11-15-26(16-12-24)35(31,32)28-22-8-4-6-20(2)18-22/h3-18,27-28H,1-2H3. The number of nitrogens with one attached hydrogen (secondary N) is 2. The first kappa shape index (κ1) is 24.3. The molecule has 0 aromatic heterocycles. The highest BCUT2D eigenvalue weighted by Gasteiger charge is 2.16. The second-order valence-corrected chi connectivity index (χ2v) is 11.4. The monoisotopic (exact) mass is 508 g/mol. The lowest BCUT2D eigenvalue weighted by Crippen LogP contribution is -2.13. The Labute approximate surface area is 205 Å². The van der Waals surface area contributed by atoms with Crippen LogP contribution in [0.1, 0.15) is 11.1 Å². The van der Waals surface area contributed by atoms with Gasteiger partial charge in [0.1, 0.15) is 11.5 Å². The predicted octanol–water partition coefficient (Wildman–Crippen LogP) is 5.70. The van der Waals surface area contributed by atoms with Gasteiger partial charge in [-0.2, -0.15) is 0 Å². The Morgan fingerprint density at radius 3 is 1.26 bits per heavy atom. The van der Waals surface area contributed by atoms with Crippen molar-refractivity contribution in [2.24, 2.45) is 0 Å². The Hall–Kier alpha value is -3.82. The molecule has 0 aliphatic carbocycles. The number of rotatable bonds is 8. The summed E-state index contributed by atoms with van der Waals surface area (Å²) in [4.78, 5) is 0.185. The van der Waals surface area contributed by atoms with Crippen LogP contribution in [0.2, 0.25) is 0 Å². The molecule has 0 unspecified atom stereocenters. The third-order valence-electron chi connectivity index (χ3n) is 5.04. The Morgan fingerprint density at radius 2 is 0.914 bits per heavy atom. The summed E-state index contributed by atoms with van der Waals surface area (Å²) in [6.45, 7) is 3.76. The summed E-state index contributed by atoms with van der Waals surface area (Å²) in [5.74, 6) is 0.820. The van der Waals surface area contributed by atoms with Gasteiger partial charge in [-0.15, -0.1) is 0 Å². The summed E-state index contributed by atoms with van der Waals surface area (Å²) < 4.78 is 61.5. The highest BCUT2D eigenvalue weighted by molar-refractivity contribution is 7.93. The van der Waals surface area contributed by atoms with Crippen LogP contribution in [0.3, 0.4) is 0 Å². The summed E-state index contributed by atoms with van der Waals surface area (Å²) in [6.07, 6.45) is 0. The van der Waals surface area contributed by atoms with E-state index >= 15 is 0 Å². The fourth-order valence-corrected chi connectivity index (χ4v) is 5.45. The average molecular weight is 509 g/mol. The number of anilines is 2. The van der Waals surface area contributed by atoms with E-state index in [-0.39, 0.29) is 9.79 Å². The van der Waals surface area contributed by atoms with Crippen LogP contribution in [0, 0.1) is 13.8 Å². The predicted molar refractivity (Wildman–Crippen MR) is 137 cm³/mol. The minimum Gasteiger partial charge on any atom is -0.457 e. The first-order chi connectivity index (χ1) is 16.6. The van der Waals surface area contributed by atoms with E-state index in [4.69, 9.17) is 4.74 Å². The van der Waals surface area contributed by atoms with Crippen LogP contribution in [0.5, 0.6) is 11.5 Å². The zero-order chi connectivity index (χ0) is 25.1. The molecule has 0 radical (unpaired) electrons. The third kappa shape index (κ3) is 6.20. The van der Waals surface area contributed by atoms with Crippen molar-refractivity contribution in [1.29, 1.82) is 0 Å². The van der Waals surface area contributed by atoms with Gasteiger partial charge < -0.3 is 4.74 Å². The largest absolute Gasteiger partial charge is 0.457 e. The third-order valence-corrected chi connectivity index (χ3v) is 7.84. The van der Waals surface area contributed by atoms with Gasteiger partial charge >= 0.3 is 0 Å². The molecule has 7 nitrogen and oxygen atoms in total. The molecule has 0 amide bonds. The van der Waals surface area contributed by atoms with Gasteiger partial charge in [0.2, 0.25) is 0 Å². The molecule has 4 aromatic rings. The quantitative estimate of drug-likeness (QED) is 0.318. The summed E-state index contributed by atoms with van der Waals surface area (Å²) in [6, 6.07) is 26.1. The summed E-state index contributed by atoms with van der Waals surface area (Å²) in [5, 5.41) is 0. The van der Waals surface area contributed by atoms with Crippen molar-refractivity contribution in [3.8, 4) is 11.5 Å². The lowest BCUT2D eigenvalue weighted by Gasteiger charge is -2.11. The van der Waals surface area contributed by atoms with Gasteiger partial charge in [-0.25, -0.2) is 16.8 Å². The zero-order valence-electron chi connectivity index (χ0n) is 19.1. The van der Waals surface area contributed by atoms with Crippen molar-refractivity contribution in [3.63, 3.8) is 0 Å². The van der Waals surface area contributed by atoms with Crippen LogP contribution in [0.15, 0.2) is 107 Å². The van der Waals surface area contributed by atoms with Gasteiger partial charge in [0, 0.05) is 11.4 Å². The van der Waals surface area contributed by atoms with E-state index in [1.165, 1.54) is 48.5 Å². The number of ether oxygens (including phenoxy) is 1. The molecule has 0 fully saturated rings. The van der Waals surface area contributed by atoms with Crippen molar-refractivity contribution >= 4 is 31.4 Å². The summed E-state index contributed by atoms with van der Waals surface area (Å²) >= 11 is 0. The van der Waals surface area contributed by atoms with Crippen molar-refractivity contribution in [1.82, 2.24) is 0 Å². The first-order valence-corrected chi connectivity index (χ1v) is 13.6. The SMILES string of the molecule is Cc1cccc(NS(=O)(=O)c2ccc(Oc3ccc(S(=O)(=O)Nc4cccc(C)c4)cc3)cc2)c1. The van der Waals surface area contributed by atoms with Crippen molar-refractivity contribution < 1.29 is 21.6 Å². The normalized spacial score (nSPS) is 11.6. The molecular formula is C26H24N2O5S2. The van der Waals surface area contributed by atoms with E-state index in [9.17, 15) is 16.8 Å². The van der Waals surface area contributed by atoms with Crippen LogP contribution in [-0.2, 0) is 20.0 Å². The van der Waals surface area contributed by atoms with E-state index < -0.39 is 20.0 Å². The molecule has 4 rings (SSSR count). The molecule has 0 heterocycles. The van der Waals surface area contributed by atoms with E-state index in [2.05, 4.69) is 9.44 Å². The minimum atomic E-state index is -3.75. The van der Waals surface area contributed by atoms with E-state index in [0.717, 1.165) is 11.1 Å². The van der Waals surface area contributed by atoms with Crippen LogP contribution < -0.4 is 14.2 Å². The molecule has 0 aliphatic rings. The molecule has 35 heavy (non-hydrogen) atoms. The smallest absolute Gasteiger partial charge is 0.261 e. The number of hydrogen-bond donors (Lipinski definition) is 2. The number of hydrogen-bond acceptors (Lipinski definition) is 5. The van der Waals surface area contributed by atoms with Crippen molar-refractivity contribution in [2.75, 3.05) is 9.44 Å². The van der Waals surface area contributed by atoms with Gasteiger partial charge in [-0.3, -0.25) is 9.44 Å². The Kier molecular flexibility index (Phi) is 6.81. The molecule has 180 valence electrons. The van der Waals surface area contributed by atoms with E-state index in [0.29, 0.717) is 22.9 Å². The van der Waals surface area contributed by atoms with Gasteiger partial charge in [0.05, 0.1) is 9.79 Å². The molecule has 0 atom stereocenters. The minimum absolute atomic E-state index is 0.0926. The molecule has 9 heteroatoms. The van der Waals surface area contributed by atoms with Gasteiger partial charge in [0.15, 0.2) is 0 Å². The van der Waals surface area contributed by atoms with Crippen molar-refractivity contribution in [2.45, 2.75) is 23.6 Å². The fourth-order valence-electron chi connectivity index (χ4n) is 3.36. The molecule has 0 saturated heterocycles. The molecule has 4 aromatic carbocycles. The molecule has 0 spiro atoms. The number of aryl methyl sites for hydroxylation is 2. The second-order valence-electron chi connectivity index (χ2n) is 7.99. The molecule has 0 saturated carbocycles. The highest BCUT2D eigenvalue weighted by Crippen LogP contribution is 2.26. The molecule has 0 aliphatic heterocycles. The average Bonchev–Trinajstić information content (AvgIpc) is 2.79. The summed E-state index contributed by atoms with van der Waals surface area (Å²) in [5.41, 5.74) is 2.85. The molecule has 0 bridgehead atoms. The van der Waals surface area contributed by atoms with Crippen LogP contribution in [0.25, 0.3) is 0 Å². The second kappa shape index (κ2) is 9.81. The van der Waals surface area contributed by atoms with Gasteiger partial charge in [-0.1, -0.05) is 24.3 Å².